The number of hydrogen-bond donors (Lipinski definition) is 1. The molecule has 90 valence electrons. The summed E-state index contributed by atoms with van der Waals surface area (Å²) >= 11 is 1.98. The fourth-order valence-corrected chi connectivity index (χ4v) is 3.16. The maximum atomic E-state index is 5.59. The van der Waals surface area contributed by atoms with E-state index in [-0.39, 0.29) is 0 Å². The van der Waals surface area contributed by atoms with Crippen LogP contribution in [0.4, 0.5) is 0 Å². The molecular formula is C12H20N2OS. The molecule has 0 saturated carbocycles. The summed E-state index contributed by atoms with van der Waals surface area (Å²) in [5, 5.41) is 3.71. The molecule has 2 unspecified atom stereocenters. The zero-order valence-corrected chi connectivity index (χ0v) is 10.8. The van der Waals surface area contributed by atoms with Gasteiger partial charge in [0.1, 0.15) is 6.26 Å². The third kappa shape index (κ3) is 3.01. The molecule has 2 heterocycles. The van der Waals surface area contributed by atoms with Crippen LogP contribution < -0.4 is 5.32 Å². The number of hydrogen-bond acceptors (Lipinski definition) is 4. The lowest BCUT2D eigenvalue weighted by Crippen LogP contribution is -2.23. The summed E-state index contributed by atoms with van der Waals surface area (Å²) < 4.78 is 5.59. The minimum atomic E-state index is 0.456. The quantitative estimate of drug-likeness (QED) is 0.878. The predicted octanol–water partition coefficient (Wildman–Crippen LogP) is 2.78. The molecule has 2 atom stereocenters. The molecule has 3 nitrogen and oxygen atoms in total. The standard InChI is InChI=1S/C12H20N2OS/c1-9(13-2)7-10-8-15-12(14-10)11-5-3-4-6-16-11/h8-9,11,13H,3-7H2,1-2H3. The van der Waals surface area contributed by atoms with E-state index in [9.17, 15) is 0 Å². The lowest BCUT2D eigenvalue weighted by molar-refractivity contribution is 0.473. The van der Waals surface area contributed by atoms with Gasteiger partial charge in [-0.25, -0.2) is 4.98 Å². The number of rotatable bonds is 4. The van der Waals surface area contributed by atoms with E-state index in [1.165, 1.54) is 25.0 Å². The normalized spacial score (nSPS) is 23.2. The van der Waals surface area contributed by atoms with Crippen molar-refractivity contribution >= 4 is 11.8 Å². The Labute approximate surface area is 101 Å². The molecule has 1 aliphatic heterocycles. The van der Waals surface area contributed by atoms with E-state index in [0.29, 0.717) is 11.3 Å². The zero-order chi connectivity index (χ0) is 11.4. The molecule has 2 rings (SSSR count). The van der Waals surface area contributed by atoms with E-state index >= 15 is 0 Å². The summed E-state index contributed by atoms with van der Waals surface area (Å²) in [5.41, 5.74) is 1.07. The maximum absolute atomic E-state index is 5.59. The zero-order valence-electron chi connectivity index (χ0n) is 10.0. The third-order valence-electron chi connectivity index (χ3n) is 3.03. The molecule has 1 fully saturated rings. The molecule has 1 aliphatic rings. The molecule has 16 heavy (non-hydrogen) atoms. The Bertz CT molecular complexity index is 321. The van der Waals surface area contributed by atoms with Gasteiger partial charge < -0.3 is 9.73 Å². The summed E-state index contributed by atoms with van der Waals surface area (Å²) in [6.45, 7) is 2.16. The van der Waals surface area contributed by atoms with Gasteiger partial charge >= 0.3 is 0 Å². The highest BCUT2D eigenvalue weighted by atomic mass is 32.2. The second-order valence-electron chi connectivity index (χ2n) is 4.43. The average molecular weight is 240 g/mol. The van der Waals surface area contributed by atoms with Gasteiger partial charge in [-0.05, 0) is 32.6 Å². The summed E-state index contributed by atoms with van der Waals surface area (Å²) in [6, 6.07) is 0.456. The molecule has 1 aromatic rings. The molecule has 4 heteroatoms. The van der Waals surface area contributed by atoms with E-state index in [1.54, 1.807) is 0 Å². The van der Waals surface area contributed by atoms with Crippen molar-refractivity contribution in [3.05, 3.63) is 17.8 Å². The summed E-state index contributed by atoms with van der Waals surface area (Å²) in [6.07, 6.45) is 6.62. The predicted molar refractivity (Wildman–Crippen MR) is 67.8 cm³/mol. The van der Waals surface area contributed by atoms with Crippen LogP contribution in [0.3, 0.4) is 0 Å². The highest BCUT2D eigenvalue weighted by Gasteiger charge is 2.21. The van der Waals surface area contributed by atoms with Crippen LogP contribution in [0.15, 0.2) is 10.7 Å². The molecule has 1 saturated heterocycles. The highest BCUT2D eigenvalue weighted by molar-refractivity contribution is 7.99. The van der Waals surface area contributed by atoms with E-state index < -0.39 is 0 Å². The number of aromatic nitrogens is 1. The van der Waals surface area contributed by atoms with Gasteiger partial charge in [-0.2, -0.15) is 0 Å². The van der Waals surface area contributed by atoms with E-state index in [4.69, 9.17) is 4.42 Å². The molecule has 0 radical (unpaired) electrons. The van der Waals surface area contributed by atoms with E-state index in [0.717, 1.165) is 18.0 Å². The topological polar surface area (TPSA) is 38.1 Å². The van der Waals surface area contributed by atoms with Crippen LogP contribution in [0.2, 0.25) is 0 Å². The van der Waals surface area contributed by atoms with Gasteiger partial charge in [0.2, 0.25) is 5.89 Å². The van der Waals surface area contributed by atoms with Crippen molar-refractivity contribution < 1.29 is 4.42 Å². The highest BCUT2D eigenvalue weighted by Crippen LogP contribution is 2.37. The lowest BCUT2D eigenvalue weighted by Gasteiger charge is -2.17. The van der Waals surface area contributed by atoms with Gasteiger partial charge in [-0.3, -0.25) is 0 Å². The molecule has 0 aromatic carbocycles. The summed E-state index contributed by atoms with van der Waals surface area (Å²) in [4.78, 5) is 4.59. The van der Waals surface area contributed by atoms with E-state index in [1.807, 2.05) is 25.1 Å². The van der Waals surface area contributed by atoms with Gasteiger partial charge in [-0.15, -0.1) is 11.8 Å². The van der Waals surface area contributed by atoms with Crippen molar-refractivity contribution in [1.29, 1.82) is 0 Å². The first-order valence-electron chi connectivity index (χ1n) is 6.02. The Morgan fingerprint density at radius 1 is 1.62 bits per heavy atom. The van der Waals surface area contributed by atoms with Gasteiger partial charge in [0.25, 0.3) is 0 Å². The number of nitrogens with one attached hydrogen (secondary N) is 1. The van der Waals surface area contributed by atoms with E-state index in [2.05, 4.69) is 17.2 Å². The Morgan fingerprint density at radius 3 is 3.19 bits per heavy atom. The SMILES string of the molecule is CNC(C)Cc1coc(C2CCCCS2)n1. The number of thioether (sulfide) groups is 1. The number of oxazole rings is 1. The van der Waals surface area contributed by atoms with Crippen LogP contribution in [0, 0.1) is 0 Å². The van der Waals surface area contributed by atoms with Gasteiger partial charge in [0, 0.05) is 12.5 Å². The van der Waals surface area contributed by atoms with Crippen LogP contribution in [-0.2, 0) is 6.42 Å². The first kappa shape index (κ1) is 12.0. The molecule has 0 amide bonds. The lowest BCUT2D eigenvalue weighted by atomic mass is 10.2. The van der Waals surface area contributed by atoms with Crippen LogP contribution >= 0.6 is 11.8 Å². The fraction of sp³-hybridized carbons (Fsp3) is 0.750. The van der Waals surface area contributed by atoms with Crippen LogP contribution in [0.25, 0.3) is 0 Å². The monoisotopic (exact) mass is 240 g/mol. The second-order valence-corrected chi connectivity index (χ2v) is 5.74. The molecule has 1 N–H and O–H groups in total. The Kier molecular flexibility index (Phi) is 4.29. The Morgan fingerprint density at radius 2 is 2.50 bits per heavy atom. The van der Waals surface area contributed by atoms with Gasteiger partial charge in [0.15, 0.2) is 0 Å². The summed E-state index contributed by atoms with van der Waals surface area (Å²) in [5.74, 6) is 2.18. The largest absolute Gasteiger partial charge is 0.447 e. The third-order valence-corrected chi connectivity index (χ3v) is 4.40. The summed E-state index contributed by atoms with van der Waals surface area (Å²) in [7, 11) is 1.97. The minimum absolute atomic E-state index is 0.456. The van der Waals surface area contributed by atoms with Crippen LogP contribution in [-0.4, -0.2) is 23.8 Å². The van der Waals surface area contributed by atoms with Crippen molar-refractivity contribution in [3.8, 4) is 0 Å². The van der Waals surface area contributed by atoms with Crippen molar-refractivity contribution in [3.63, 3.8) is 0 Å². The molecule has 1 aromatic heterocycles. The van der Waals surface area contributed by atoms with Gasteiger partial charge in [0.05, 0.1) is 10.9 Å². The molecule has 0 aliphatic carbocycles. The number of likely N-dealkylation sites (N-methyl/N-ethyl adjacent to an activating group) is 1. The molecule has 0 bridgehead atoms. The smallest absolute Gasteiger partial charge is 0.207 e. The molecular weight excluding hydrogens is 220 g/mol. The van der Waals surface area contributed by atoms with Crippen molar-refractivity contribution in [2.24, 2.45) is 0 Å². The van der Waals surface area contributed by atoms with Crippen LogP contribution in [0.1, 0.15) is 43.0 Å². The average Bonchev–Trinajstić information content (AvgIpc) is 2.78. The Hall–Kier alpha value is -0.480. The van der Waals surface area contributed by atoms with Crippen molar-refractivity contribution in [2.45, 2.75) is 43.9 Å². The van der Waals surface area contributed by atoms with Crippen molar-refractivity contribution in [1.82, 2.24) is 10.3 Å². The fourth-order valence-electron chi connectivity index (χ4n) is 1.92. The van der Waals surface area contributed by atoms with Crippen molar-refractivity contribution in [2.75, 3.05) is 12.8 Å². The van der Waals surface area contributed by atoms with Gasteiger partial charge in [-0.1, -0.05) is 6.42 Å². The second kappa shape index (κ2) is 5.73. The minimum Gasteiger partial charge on any atom is -0.447 e. The first-order chi connectivity index (χ1) is 7.79. The molecule has 0 spiro atoms. The maximum Gasteiger partial charge on any atom is 0.207 e. The Balaban J connectivity index is 1.95. The van der Waals surface area contributed by atoms with Crippen LogP contribution in [0.5, 0.6) is 0 Å². The first-order valence-corrected chi connectivity index (χ1v) is 7.07. The number of nitrogens with zero attached hydrogens (tertiary/aromatic N) is 1.